The van der Waals surface area contributed by atoms with Gasteiger partial charge in [0.2, 0.25) is 0 Å². The van der Waals surface area contributed by atoms with E-state index in [1.54, 1.807) is 4.90 Å². The van der Waals surface area contributed by atoms with Crippen LogP contribution in [0, 0.1) is 5.82 Å². The van der Waals surface area contributed by atoms with Crippen molar-refractivity contribution in [1.82, 2.24) is 10.2 Å². The van der Waals surface area contributed by atoms with E-state index < -0.39 is 24.5 Å². The first-order valence-corrected chi connectivity index (χ1v) is 6.71. The van der Waals surface area contributed by atoms with Gasteiger partial charge in [-0.1, -0.05) is 11.6 Å². The third kappa shape index (κ3) is 5.29. The summed E-state index contributed by atoms with van der Waals surface area (Å²) in [6.45, 7) is 2.09. The molecule has 120 valence electrons. The van der Waals surface area contributed by atoms with Crippen LogP contribution in [0.4, 0.5) is 17.6 Å². The summed E-state index contributed by atoms with van der Waals surface area (Å²) >= 11 is 5.79. The van der Waals surface area contributed by atoms with Gasteiger partial charge in [-0.3, -0.25) is 4.90 Å². The summed E-state index contributed by atoms with van der Waals surface area (Å²) in [5.41, 5.74) is 0.0109. The fraction of sp³-hybridized carbons (Fsp3) is 0.538. The van der Waals surface area contributed by atoms with Gasteiger partial charge in [0.15, 0.2) is 0 Å². The molecule has 0 amide bonds. The van der Waals surface area contributed by atoms with Crippen molar-refractivity contribution >= 4 is 24.0 Å². The number of hydrogen-bond donors (Lipinski definition) is 1. The van der Waals surface area contributed by atoms with Gasteiger partial charge in [0.25, 0.3) is 0 Å². The van der Waals surface area contributed by atoms with Crippen molar-refractivity contribution in [2.24, 2.45) is 0 Å². The van der Waals surface area contributed by atoms with Gasteiger partial charge >= 0.3 is 6.18 Å². The summed E-state index contributed by atoms with van der Waals surface area (Å²) in [6, 6.07) is 2.71. The average Bonchev–Trinajstić information content (AvgIpc) is 2.39. The maximum atomic E-state index is 13.9. The maximum Gasteiger partial charge on any atom is 0.390 e. The van der Waals surface area contributed by atoms with Crippen LogP contribution in [0.3, 0.4) is 0 Å². The van der Waals surface area contributed by atoms with Crippen molar-refractivity contribution in [2.45, 2.75) is 18.6 Å². The first-order valence-electron chi connectivity index (χ1n) is 6.33. The Labute approximate surface area is 131 Å². The Balaban J connectivity index is 0.00000220. The largest absolute Gasteiger partial charge is 0.390 e. The van der Waals surface area contributed by atoms with Crippen molar-refractivity contribution in [2.75, 3.05) is 26.2 Å². The van der Waals surface area contributed by atoms with Crippen molar-refractivity contribution in [3.63, 3.8) is 0 Å². The van der Waals surface area contributed by atoms with Crippen molar-refractivity contribution < 1.29 is 17.6 Å². The van der Waals surface area contributed by atoms with Gasteiger partial charge in [-0.05, 0) is 18.2 Å². The lowest BCUT2D eigenvalue weighted by Gasteiger charge is -2.35. The molecule has 0 unspecified atom stereocenters. The molecule has 1 aromatic carbocycles. The summed E-state index contributed by atoms with van der Waals surface area (Å²) in [6.07, 6.45) is -5.44. The molecule has 1 aliphatic rings. The number of rotatable bonds is 3. The molecule has 1 aliphatic heterocycles. The summed E-state index contributed by atoms with van der Waals surface area (Å²) in [7, 11) is 0. The minimum Gasteiger partial charge on any atom is -0.314 e. The third-order valence-electron chi connectivity index (χ3n) is 3.33. The average molecular weight is 347 g/mol. The number of hydrogen-bond acceptors (Lipinski definition) is 2. The first kappa shape index (κ1) is 18.5. The molecule has 1 fully saturated rings. The predicted octanol–water partition coefficient (Wildman–Crippen LogP) is 3.80. The van der Waals surface area contributed by atoms with Crippen LogP contribution in [0.1, 0.15) is 18.0 Å². The fourth-order valence-electron chi connectivity index (χ4n) is 2.42. The molecule has 8 heteroatoms. The lowest BCUT2D eigenvalue weighted by Crippen LogP contribution is -2.46. The second kappa shape index (κ2) is 7.63. The summed E-state index contributed by atoms with van der Waals surface area (Å²) < 4.78 is 52.2. The van der Waals surface area contributed by atoms with Gasteiger partial charge in [-0.15, -0.1) is 12.4 Å². The normalized spacial score (nSPS) is 18.1. The Kier molecular flexibility index (Phi) is 6.71. The van der Waals surface area contributed by atoms with E-state index in [2.05, 4.69) is 5.32 Å². The Morgan fingerprint density at radius 1 is 1.24 bits per heavy atom. The van der Waals surface area contributed by atoms with Crippen LogP contribution in [-0.2, 0) is 0 Å². The zero-order chi connectivity index (χ0) is 14.8. The molecule has 1 saturated heterocycles. The lowest BCUT2D eigenvalue weighted by molar-refractivity contribution is -0.149. The molecule has 1 heterocycles. The zero-order valence-corrected chi connectivity index (χ0v) is 12.7. The molecule has 0 aliphatic carbocycles. The molecule has 1 atom stereocenters. The SMILES string of the molecule is Cl.Fc1ccc(Cl)cc1[C@H](CC(F)(F)F)N1CCNCC1. The van der Waals surface area contributed by atoms with Crippen LogP contribution in [0.25, 0.3) is 0 Å². The first-order chi connectivity index (χ1) is 9.37. The Morgan fingerprint density at radius 2 is 1.86 bits per heavy atom. The second-order valence-corrected chi connectivity index (χ2v) is 5.22. The van der Waals surface area contributed by atoms with E-state index in [4.69, 9.17) is 11.6 Å². The zero-order valence-electron chi connectivity index (χ0n) is 11.1. The molecule has 0 spiro atoms. The van der Waals surface area contributed by atoms with E-state index in [9.17, 15) is 17.6 Å². The highest BCUT2D eigenvalue weighted by molar-refractivity contribution is 6.30. The van der Waals surface area contributed by atoms with Gasteiger partial charge in [0.05, 0.1) is 6.42 Å². The summed E-state index contributed by atoms with van der Waals surface area (Å²) in [5.74, 6) is -0.651. The Morgan fingerprint density at radius 3 is 2.43 bits per heavy atom. The highest BCUT2D eigenvalue weighted by Crippen LogP contribution is 2.36. The van der Waals surface area contributed by atoms with Crippen LogP contribution in [0.5, 0.6) is 0 Å². The van der Waals surface area contributed by atoms with E-state index >= 15 is 0 Å². The number of nitrogens with zero attached hydrogens (tertiary/aromatic N) is 1. The highest BCUT2D eigenvalue weighted by atomic mass is 35.5. The van der Waals surface area contributed by atoms with Crippen LogP contribution >= 0.6 is 24.0 Å². The van der Waals surface area contributed by atoms with Crippen molar-refractivity contribution in [3.8, 4) is 0 Å². The van der Waals surface area contributed by atoms with Gasteiger partial charge in [0.1, 0.15) is 5.82 Å². The van der Waals surface area contributed by atoms with E-state index in [0.29, 0.717) is 26.2 Å². The third-order valence-corrected chi connectivity index (χ3v) is 3.57. The number of nitrogens with one attached hydrogen (secondary N) is 1. The molecular formula is C13H16Cl2F4N2. The van der Waals surface area contributed by atoms with Crippen LogP contribution in [-0.4, -0.2) is 37.3 Å². The molecule has 1 N–H and O–H groups in total. The summed E-state index contributed by atoms with van der Waals surface area (Å²) in [5, 5.41) is 3.31. The quantitative estimate of drug-likeness (QED) is 0.837. The molecule has 2 rings (SSSR count). The highest BCUT2D eigenvalue weighted by Gasteiger charge is 2.37. The van der Waals surface area contributed by atoms with Gasteiger partial charge in [-0.2, -0.15) is 13.2 Å². The number of halogens is 6. The smallest absolute Gasteiger partial charge is 0.314 e. The van der Waals surface area contributed by atoms with E-state index in [-0.39, 0.29) is 23.0 Å². The second-order valence-electron chi connectivity index (χ2n) is 4.79. The van der Waals surface area contributed by atoms with Crippen molar-refractivity contribution in [3.05, 3.63) is 34.6 Å². The van der Waals surface area contributed by atoms with Crippen molar-refractivity contribution in [1.29, 1.82) is 0 Å². The lowest BCUT2D eigenvalue weighted by atomic mass is 10.00. The topological polar surface area (TPSA) is 15.3 Å². The minimum atomic E-state index is -4.36. The monoisotopic (exact) mass is 346 g/mol. The fourth-order valence-corrected chi connectivity index (χ4v) is 2.60. The molecule has 0 bridgehead atoms. The molecule has 21 heavy (non-hydrogen) atoms. The maximum absolute atomic E-state index is 13.9. The predicted molar refractivity (Wildman–Crippen MR) is 76.5 cm³/mol. The van der Waals surface area contributed by atoms with Crippen LogP contribution < -0.4 is 5.32 Å². The van der Waals surface area contributed by atoms with E-state index in [0.717, 1.165) is 6.07 Å². The number of piperazine rings is 1. The number of alkyl halides is 3. The van der Waals surface area contributed by atoms with Gasteiger partial charge < -0.3 is 5.32 Å². The standard InChI is InChI=1S/C13H15ClF4N2.ClH/c14-9-1-2-11(15)10(7-9)12(8-13(16,17)18)20-5-3-19-4-6-20;/h1-2,7,12,19H,3-6,8H2;1H/t12-;/m0./s1. The number of benzene rings is 1. The van der Waals surface area contributed by atoms with Gasteiger partial charge in [0, 0.05) is 42.8 Å². The molecular weight excluding hydrogens is 331 g/mol. The van der Waals surface area contributed by atoms with Gasteiger partial charge in [-0.25, -0.2) is 4.39 Å². The Hall–Kier alpha value is -0.560. The van der Waals surface area contributed by atoms with Crippen LogP contribution in [0.15, 0.2) is 18.2 Å². The molecule has 0 aromatic heterocycles. The summed E-state index contributed by atoms with van der Waals surface area (Å²) in [4.78, 5) is 1.65. The van der Waals surface area contributed by atoms with E-state index in [1.165, 1.54) is 12.1 Å². The Bertz CT molecular complexity index is 462. The van der Waals surface area contributed by atoms with E-state index in [1.807, 2.05) is 0 Å². The minimum absolute atomic E-state index is 0. The molecule has 2 nitrogen and oxygen atoms in total. The molecule has 0 radical (unpaired) electrons. The molecule has 0 saturated carbocycles. The molecule has 1 aromatic rings. The van der Waals surface area contributed by atoms with Crippen LogP contribution in [0.2, 0.25) is 5.02 Å².